The van der Waals surface area contributed by atoms with Gasteiger partial charge >= 0.3 is 0 Å². The number of piperidine rings is 1. The van der Waals surface area contributed by atoms with Crippen LogP contribution in [0, 0.1) is 12.8 Å². The maximum atomic E-state index is 13.4. The van der Waals surface area contributed by atoms with Crippen LogP contribution in [0.4, 0.5) is 5.69 Å². The van der Waals surface area contributed by atoms with Crippen molar-refractivity contribution >= 4 is 33.2 Å². The number of rotatable bonds is 5. The molecule has 2 aromatic carbocycles. The van der Waals surface area contributed by atoms with Gasteiger partial charge in [-0.05, 0) is 61.6 Å². The van der Waals surface area contributed by atoms with Crippen LogP contribution in [0.5, 0.6) is 0 Å². The lowest BCUT2D eigenvalue weighted by atomic mass is 10.0. The molecule has 1 aliphatic heterocycles. The van der Waals surface area contributed by atoms with Crippen molar-refractivity contribution in [2.75, 3.05) is 23.9 Å². The van der Waals surface area contributed by atoms with Crippen LogP contribution in [0.1, 0.15) is 25.3 Å². The topological polar surface area (TPSA) is 57.7 Å². The van der Waals surface area contributed by atoms with Gasteiger partial charge in [0.25, 0.3) is 10.0 Å². The van der Waals surface area contributed by atoms with Crippen LogP contribution < -0.4 is 4.31 Å². The second kappa shape index (κ2) is 8.53. The Morgan fingerprint density at radius 1 is 1.21 bits per heavy atom. The SMILES string of the molecule is Cc1cc(Cl)ccc1N(CC(=O)N1CCC[C@H](C)C1)S(=O)(=O)c1ccccc1. The van der Waals surface area contributed by atoms with Crippen molar-refractivity contribution in [3.05, 3.63) is 59.1 Å². The highest BCUT2D eigenvalue weighted by molar-refractivity contribution is 7.92. The molecule has 2 aromatic rings. The number of nitrogens with zero attached hydrogens (tertiary/aromatic N) is 2. The molecular weight excluding hydrogens is 396 g/mol. The molecule has 0 aromatic heterocycles. The summed E-state index contributed by atoms with van der Waals surface area (Å²) in [6, 6.07) is 13.2. The minimum Gasteiger partial charge on any atom is -0.341 e. The van der Waals surface area contributed by atoms with Crippen LogP contribution in [-0.4, -0.2) is 38.9 Å². The second-order valence-corrected chi connectivity index (χ2v) is 9.64. The first-order valence-electron chi connectivity index (χ1n) is 9.41. The van der Waals surface area contributed by atoms with Gasteiger partial charge in [-0.15, -0.1) is 0 Å². The number of aryl methyl sites for hydroxylation is 1. The zero-order valence-electron chi connectivity index (χ0n) is 16.1. The molecule has 0 spiro atoms. The van der Waals surface area contributed by atoms with E-state index >= 15 is 0 Å². The van der Waals surface area contributed by atoms with Gasteiger partial charge in [0.05, 0.1) is 10.6 Å². The highest BCUT2D eigenvalue weighted by Crippen LogP contribution is 2.29. The molecule has 3 rings (SSSR count). The van der Waals surface area contributed by atoms with Crippen molar-refractivity contribution in [3.63, 3.8) is 0 Å². The van der Waals surface area contributed by atoms with Crippen LogP contribution in [0.25, 0.3) is 0 Å². The van der Waals surface area contributed by atoms with Gasteiger partial charge in [0.1, 0.15) is 6.54 Å². The Balaban J connectivity index is 1.98. The van der Waals surface area contributed by atoms with E-state index in [4.69, 9.17) is 11.6 Å². The third-order valence-electron chi connectivity index (χ3n) is 5.05. The van der Waals surface area contributed by atoms with Gasteiger partial charge in [0.15, 0.2) is 0 Å². The molecule has 0 saturated carbocycles. The fraction of sp³-hybridized carbons (Fsp3) is 0.381. The van der Waals surface area contributed by atoms with E-state index in [1.165, 1.54) is 4.31 Å². The lowest BCUT2D eigenvalue weighted by Crippen LogP contribution is -2.46. The first-order chi connectivity index (χ1) is 13.3. The van der Waals surface area contributed by atoms with Gasteiger partial charge in [-0.25, -0.2) is 8.42 Å². The smallest absolute Gasteiger partial charge is 0.264 e. The standard InChI is InChI=1S/C21H25ClN2O3S/c1-16-7-6-12-23(14-16)21(25)15-24(20-11-10-18(22)13-17(20)2)28(26,27)19-8-4-3-5-9-19/h3-5,8-11,13,16H,6-7,12,14-15H2,1-2H3/t16-/m0/s1. The molecule has 0 bridgehead atoms. The molecule has 1 amide bonds. The molecule has 5 nitrogen and oxygen atoms in total. The summed E-state index contributed by atoms with van der Waals surface area (Å²) in [5.74, 6) is 0.245. The number of benzene rings is 2. The fourth-order valence-corrected chi connectivity index (χ4v) is 5.28. The normalized spacial score (nSPS) is 17.4. The van der Waals surface area contributed by atoms with Crippen molar-refractivity contribution in [1.29, 1.82) is 0 Å². The van der Waals surface area contributed by atoms with Crippen molar-refractivity contribution in [1.82, 2.24) is 4.90 Å². The second-order valence-electron chi connectivity index (χ2n) is 7.34. The van der Waals surface area contributed by atoms with Crippen molar-refractivity contribution in [2.24, 2.45) is 5.92 Å². The molecule has 1 aliphatic rings. The number of hydrogen-bond acceptors (Lipinski definition) is 3. The Kier molecular flexibility index (Phi) is 6.30. The Labute approximate surface area is 172 Å². The molecule has 1 atom stereocenters. The summed E-state index contributed by atoms with van der Waals surface area (Å²) < 4.78 is 28.0. The number of likely N-dealkylation sites (tertiary alicyclic amines) is 1. The minimum absolute atomic E-state index is 0.157. The molecule has 0 N–H and O–H groups in total. The van der Waals surface area contributed by atoms with E-state index in [2.05, 4.69) is 6.92 Å². The van der Waals surface area contributed by atoms with Crippen LogP contribution in [-0.2, 0) is 14.8 Å². The Morgan fingerprint density at radius 3 is 2.57 bits per heavy atom. The van der Waals surface area contributed by atoms with E-state index in [9.17, 15) is 13.2 Å². The van der Waals surface area contributed by atoms with Crippen LogP contribution in [0.3, 0.4) is 0 Å². The Bertz CT molecular complexity index is 947. The highest BCUT2D eigenvalue weighted by Gasteiger charge is 2.31. The highest BCUT2D eigenvalue weighted by atomic mass is 35.5. The van der Waals surface area contributed by atoms with E-state index < -0.39 is 10.0 Å². The summed E-state index contributed by atoms with van der Waals surface area (Å²) in [4.78, 5) is 14.9. The largest absolute Gasteiger partial charge is 0.341 e. The number of hydrogen-bond donors (Lipinski definition) is 0. The molecule has 1 fully saturated rings. The predicted octanol–water partition coefficient (Wildman–Crippen LogP) is 4.10. The summed E-state index contributed by atoms with van der Waals surface area (Å²) in [6.45, 7) is 5.01. The molecule has 1 saturated heterocycles. The lowest BCUT2D eigenvalue weighted by Gasteiger charge is -2.33. The molecule has 1 heterocycles. The number of carbonyl (C=O) groups excluding carboxylic acids is 1. The van der Waals surface area contributed by atoms with E-state index in [1.54, 1.807) is 60.4 Å². The van der Waals surface area contributed by atoms with Crippen molar-refractivity contribution in [3.8, 4) is 0 Å². The van der Waals surface area contributed by atoms with Gasteiger partial charge in [-0.2, -0.15) is 0 Å². The molecule has 0 unspecified atom stereocenters. The Hall–Kier alpha value is -2.05. The number of carbonyl (C=O) groups is 1. The van der Waals surface area contributed by atoms with E-state index in [-0.39, 0.29) is 17.3 Å². The van der Waals surface area contributed by atoms with Gasteiger partial charge in [-0.3, -0.25) is 9.10 Å². The van der Waals surface area contributed by atoms with Crippen LogP contribution in [0.2, 0.25) is 5.02 Å². The van der Waals surface area contributed by atoms with Crippen molar-refractivity contribution < 1.29 is 13.2 Å². The first-order valence-corrected chi connectivity index (χ1v) is 11.2. The average molecular weight is 421 g/mol. The number of amides is 1. The fourth-order valence-electron chi connectivity index (χ4n) is 3.56. The quantitative estimate of drug-likeness (QED) is 0.731. The molecule has 0 radical (unpaired) electrons. The molecule has 7 heteroatoms. The molecule has 150 valence electrons. The molecular formula is C21H25ClN2O3S. The number of halogens is 1. The molecule has 28 heavy (non-hydrogen) atoms. The van der Waals surface area contributed by atoms with E-state index in [0.717, 1.165) is 12.8 Å². The Morgan fingerprint density at radius 2 is 1.93 bits per heavy atom. The van der Waals surface area contributed by atoms with Gasteiger partial charge < -0.3 is 4.90 Å². The minimum atomic E-state index is -3.89. The predicted molar refractivity (Wildman–Crippen MR) is 112 cm³/mol. The lowest BCUT2D eigenvalue weighted by molar-refractivity contribution is -0.131. The first kappa shape index (κ1) is 20.7. The third kappa shape index (κ3) is 4.50. The van der Waals surface area contributed by atoms with Gasteiger partial charge in [0.2, 0.25) is 5.91 Å². The van der Waals surface area contributed by atoms with E-state index in [0.29, 0.717) is 35.3 Å². The number of anilines is 1. The summed E-state index contributed by atoms with van der Waals surface area (Å²) in [6.07, 6.45) is 2.03. The average Bonchev–Trinajstić information content (AvgIpc) is 2.67. The van der Waals surface area contributed by atoms with E-state index in [1.807, 2.05) is 0 Å². The molecule has 0 aliphatic carbocycles. The van der Waals surface area contributed by atoms with Crippen LogP contribution >= 0.6 is 11.6 Å². The zero-order valence-corrected chi connectivity index (χ0v) is 17.7. The summed E-state index contributed by atoms with van der Waals surface area (Å²) >= 11 is 6.05. The summed E-state index contributed by atoms with van der Waals surface area (Å²) in [5.41, 5.74) is 1.17. The maximum Gasteiger partial charge on any atom is 0.264 e. The monoisotopic (exact) mass is 420 g/mol. The van der Waals surface area contributed by atoms with Gasteiger partial charge in [0, 0.05) is 18.1 Å². The maximum absolute atomic E-state index is 13.4. The van der Waals surface area contributed by atoms with Gasteiger partial charge in [-0.1, -0.05) is 36.7 Å². The summed E-state index contributed by atoms with van der Waals surface area (Å²) in [5, 5.41) is 0.523. The van der Waals surface area contributed by atoms with Crippen molar-refractivity contribution in [2.45, 2.75) is 31.6 Å². The zero-order chi connectivity index (χ0) is 20.3. The summed E-state index contributed by atoms with van der Waals surface area (Å²) in [7, 11) is -3.89. The van der Waals surface area contributed by atoms with Crippen LogP contribution in [0.15, 0.2) is 53.4 Å². The number of sulfonamides is 1. The third-order valence-corrected chi connectivity index (χ3v) is 7.06.